The van der Waals surface area contributed by atoms with Crippen LogP contribution in [0.15, 0.2) is 46.4 Å². The Hall–Kier alpha value is -3.85. The van der Waals surface area contributed by atoms with Crippen molar-refractivity contribution >= 4 is 51.7 Å². The molecule has 1 aliphatic carbocycles. The molecule has 200 valence electrons. The van der Waals surface area contributed by atoms with Crippen molar-refractivity contribution in [2.45, 2.75) is 36.9 Å². The summed E-state index contributed by atoms with van der Waals surface area (Å²) in [5.41, 5.74) is 6.37. The molecule has 15 heteroatoms. The number of methoxy groups -OCH3 is 1. The fraction of sp³-hybridized carbons (Fsp3) is 0.391. The number of hydrogen-bond acceptors (Lipinski definition) is 10. The first-order chi connectivity index (χ1) is 18.3. The number of hydrogen-bond donors (Lipinski definition) is 3. The lowest BCUT2D eigenvalue weighted by atomic mass is 10.0. The highest BCUT2D eigenvalue weighted by molar-refractivity contribution is 8.00. The van der Waals surface area contributed by atoms with Crippen LogP contribution in [-0.4, -0.2) is 73.5 Å². The number of carbonyl (C=O) groups is 3. The van der Waals surface area contributed by atoms with E-state index in [4.69, 9.17) is 15.3 Å². The van der Waals surface area contributed by atoms with Gasteiger partial charge in [-0.2, -0.15) is 4.68 Å². The molecular formula is C23H26N7O6S2+. The van der Waals surface area contributed by atoms with Crippen LogP contribution >= 0.6 is 23.1 Å². The minimum Gasteiger partial charge on any atom is -0.490 e. The first-order valence-electron chi connectivity index (χ1n) is 11.7. The van der Waals surface area contributed by atoms with Gasteiger partial charge in [0.1, 0.15) is 41.7 Å². The molecular weight excluding hydrogens is 534 g/mol. The molecule has 2 amide bonds. The molecule has 3 atom stereocenters. The summed E-state index contributed by atoms with van der Waals surface area (Å²) in [7, 11) is 3.36. The van der Waals surface area contributed by atoms with Crippen molar-refractivity contribution < 1.29 is 33.7 Å². The predicted molar refractivity (Wildman–Crippen MR) is 138 cm³/mol. The number of fused-ring (bicyclic) bond motifs is 1. The third kappa shape index (κ3) is 4.86. The highest BCUT2D eigenvalue weighted by atomic mass is 32.2. The highest BCUT2D eigenvalue weighted by Crippen LogP contribution is 2.40. The molecule has 0 spiro atoms. The summed E-state index contributed by atoms with van der Waals surface area (Å²) in [6, 6.07) is -0.932. The third-order valence-electron chi connectivity index (χ3n) is 6.35. The number of allylic oxidation sites excluding steroid dienone is 1. The minimum atomic E-state index is -1.21. The number of aromatic nitrogens is 3. The zero-order valence-corrected chi connectivity index (χ0v) is 22.2. The van der Waals surface area contributed by atoms with Crippen LogP contribution in [0.4, 0.5) is 5.13 Å². The fourth-order valence-electron chi connectivity index (χ4n) is 4.42. The van der Waals surface area contributed by atoms with Gasteiger partial charge in [-0.05, 0) is 24.5 Å². The largest absolute Gasteiger partial charge is 0.490 e. The summed E-state index contributed by atoms with van der Waals surface area (Å²) in [5.74, 6) is -1.39. The number of nitrogens with zero attached hydrogens (tertiary/aromatic N) is 5. The van der Waals surface area contributed by atoms with E-state index in [0.717, 1.165) is 24.2 Å². The molecule has 3 aliphatic rings. The van der Waals surface area contributed by atoms with E-state index in [9.17, 15) is 19.5 Å². The van der Waals surface area contributed by atoms with E-state index in [-0.39, 0.29) is 34.9 Å². The number of nitrogens with one attached hydrogen (secondary N) is 1. The smallest absolute Gasteiger partial charge is 0.352 e. The van der Waals surface area contributed by atoms with Gasteiger partial charge in [-0.3, -0.25) is 14.5 Å². The summed E-state index contributed by atoms with van der Waals surface area (Å²) >= 11 is 2.53. The molecule has 0 bridgehead atoms. The molecule has 38 heavy (non-hydrogen) atoms. The summed E-state index contributed by atoms with van der Waals surface area (Å²) in [4.78, 5) is 49.5. The van der Waals surface area contributed by atoms with E-state index < -0.39 is 29.2 Å². The lowest BCUT2D eigenvalue weighted by molar-refractivity contribution is -0.752. The molecule has 1 fully saturated rings. The van der Waals surface area contributed by atoms with Gasteiger partial charge < -0.3 is 25.7 Å². The first kappa shape index (κ1) is 25.8. The van der Waals surface area contributed by atoms with Crippen molar-refractivity contribution in [2.24, 2.45) is 12.2 Å². The third-order valence-corrected chi connectivity index (χ3v) is 8.36. The number of β-lactam (4-membered cyclic amide) rings is 1. The van der Waals surface area contributed by atoms with Gasteiger partial charge in [0.05, 0.1) is 7.11 Å². The first-order valence-corrected chi connectivity index (χ1v) is 13.6. The van der Waals surface area contributed by atoms with Gasteiger partial charge in [0.25, 0.3) is 11.8 Å². The standard InChI is InChI=1S/C23H25N7O6S2/c1-28-8-14(35-2)9-29(28)7-12-10-37-21-17(20(32)30(21)18(12)22(33)34)26-19(31)16(15-11-38-23(24)25-15)27-36-13-5-3-4-6-13/h3,5,8-9,11,13,17,21H,4,6-7,10H2,1-2H3,(H3-,24,25,26,31,33,34)/p+1/t13?,17-,21-/m1/s1. The second kappa shape index (κ2) is 10.5. The number of amides is 2. The number of rotatable bonds is 9. The van der Waals surface area contributed by atoms with Crippen LogP contribution in [0.2, 0.25) is 0 Å². The van der Waals surface area contributed by atoms with Crippen LogP contribution < -0.4 is 20.5 Å². The van der Waals surface area contributed by atoms with Crippen LogP contribution in [0, 0.1) is 0 Å². The summed E-state index contributed by atoms with van der Waals surface area (Å²) < 4.78 is 8.81. The SMILES string of the molecule is COc1cn(CC2=C(C(=O)O)N3C(=O)[C@@H](NC(=O)C(=NOC4C=CCC4)c4csc(N)n4)[C@H]3SC2)[n+](C)c1. The Labute approximate surface area is 225 Å². The summed E-state index contributed by atoms with van der Waals surface area (Å²) in [5, 5.41) is 18.0. The number of carboxylic acids is 1. The second-order valence-corrected chi connectivity index (χ2v) is 10.8. The van der Waals surface area contributed by atoms with Gasteiger partial charge in [0, 0.05) is 11.1 Å². The lowest BCUT2D eigenvalue weighted by Gasteiger charge is -2.49. The number of anilines is 1. The van der Waals surface area contributed by atoms with Crippen molar-refractivity contribution in [1.29, 1.82) is 0 Å². The molecule has 1 unspecified atom stereocenters. The molecule has 0 saturated carbocycles. The Morgan fingerprint density at radius 2 is 2.24 bits per heavy atom. The maximum Gasteiger partial charge on any atom is 0.352 e. The van der Waals surface area contributed by atoms with Gasteiger partial charge in [-0.25, -0.2) is 9.78 Å². The molecule has 2 aromatic heterocycles. The van der Waals surface area contributed by atoms with Gasteiger partial charge in [0.15, 0.2) is 17.9 Å². The van der Waals surface area contributed by atoms with Crippen LogP contribution in [-0.2, 0) is 32.8 Å². The van der Waals surface area contributed by atoms with Crippen molar-refractivity contribution in [3.8, 4) is 5.75 Å². The monoisotopic (exact) mass is 560 g/mol. The number of oxime groups is 1. The zero-order valence-electron chi connectivity index (χ0n) is 20.6. The number of ether oxygens (including phenoxy) is 1. The van der Waals surface area contributed by atoms with Crippen LogP contribution in [0.25, 0.3) is 0 Å². The Morgan fingerprint density at radius 3 is 2.87 bits per heavy atom. The number of nitrogens with two attached hydrogens (primary N) is 1. The average molecular weight is 561 g/mol. The molecule has 0 radical (unpaired) electrons. The number of nitrogen functional groups attached to an aromatic ring is 1. The van der Waals surface area contributed by atoms with E-state index in [1.165, 1.54) is 16.7 Å². The molecule has 4 N–H and O–H groups in total. The Balaban J connectivity index is 1.34. The van der Waals surface area contributed by atoms with Crippen LogP contribution in [0.3, 0.4) is 0 Å². The van der Waals surface area contributed by atoms with E-state index in [1.807, 2.05) is 19.2 Å². The van der Waals surface area contributed by atoms with Crippen molar-refractivity contribution in [2.75, 3.05) is 18.6 Å². The molecule has 0 aromatic carbocycles. The van der Waals surface area contributed by atoms with Crippen LogP contribution in [0.1, 0.15) is 18.5 Å². The Bertz CT molecular complexity index is 1380. The number of thioether (sulfide) groups is 1. The van der Waals surface area contributed by atoms with Gasteiger partial charge in [-0.1, -0.05) is 11.2 Å². The molecule has 4 heterocycles. The summed E-state index contributed by atoms with van der Waals surface area (Å²) in [6.45, 7) is 0.261. The predicted octanol–water partition coefficient (Wildman–Crippen LogP) is 0.238. The minimum absolute atomic E-state index is 0.0746. The van der Waals surface area contributed by atoms with Crippen LogP contribution in [0.5, 0.6) is 5.75 Å². The number of thiazole rings is 1. The quantitative estimate of drug-likeness (QED) is 0.128. The van der Waals surface area contributed by atoms with Crippen molar-refractivity contribution in [3.05, 3.63) is 46.9 Å². The van der Waals surface area contributed by atoms with E-state index in [1.54, 1.807) is 34.2 Å². The Morgan fingerprint density at radius 1 is 1.42 bits per heavy atom. The van der Waals surface area contributed by atoms with Gasteiger partial charge >= 0.3 is 5.97 Å². The molecule has 2 aliphatic heterocycles. The number of aliphatic carboxylic acids is 1. The van der Waals surface area contributed by atoms with E-state index in [2.05, 4.69) is 15.5 Å². The number of carboxylic acid groups (broad SMARTS) is 1. The van der Waals surface area contributed by atoms with Gasteiger partial charge in [-0.15, -0.1) is 27.8 Å². The fourth-order valence-corrected chi connectivity index (χ4v) is 6.30. The normalized spacial score (nSPS) is 22.8. The number of aryl methyl sites for hydroxylation is 1. The van der Waals surface area contributed by atoms with E-state index >= 15 is 0 Å². The van der Waals surface area contributed by atoms with E-state index in [0.29, 0.717) is 17.1 Å². The average Bonchev–Trinajstić information content (AvgIpc) is 3.64. The Kier molecular flexibility index (Phi) is 7.12. The number of carbonyl (C=O) groups excluding carboxylic acids is 2. The molecule has 2 aromatic rings. The molecule has 13 nitrogen and oxygen atoms in total. The molecule has 5 rings (SSSR count). The maximum absolute atomic E-state index is 13.2. The topological polar surface area (TPSA) is 165 Å². The summed E-state index contributed by atoms with van der Waals surface area (Å²) in [6.07, 6.45) is 8.69. The van der Waals surface area contributed by atoms with Crippen molar-refractivity contribution in [1.82, 2.24) is 19.9 Å². The highest BCUT2D eigenvalue weighted by Gasteiger charge is 2.54. The second-order valence-electron chi connectivity index (χ2n) is 8.81. The van der Waals surface area contributed by atoms with Crippen molar-refractivity contribution in [3.63, 3.8) is 0 Å². The molecule has 1 saturated heterocycles. The van der Waals surface area contributed by atoms with Gasteiger partial charge in [0.2, 0.25) is 11.9 Å². The maximum atomic E-state index is 13.2. The zero-order chi connectivity index (χ0) is 27.0. The lowest BCUT2D eigenvalue weighted by Crippen LogP contribution is -2.71.